The lowest BCUT2D eigenvalue weighted by atomic mass is 9.79. The van der Waals surface area contributed by atoms with Crippen LogP contribution in [0.4, 0.5) is 0 Å². The van der Waals surface area contributed by atoms with E-state index in [0.717, 1.165) is 5.92 Å². The van der Waals surface area contributed by atoms with Crippen LogP contribution in [0.25, 0.3) is 0 Å². The second kappa shape index (κ2) is 4.79. The zero-order chi connectivity index (χ0) is 8.91. The summed E-state index contributed by atoms with van der Waals surface area (Å²) in [7, 11) is 0. The molecule has 0 rings (SSSR count). The highest BCUT2D eigenvalue weighted by atomic mass is 14.2. The van der Waals surface area contributed by atoms with Gasteiger partial charge < -0.3 is 0 Å². The van der Waals surface area contributed by atoms with Gasteiger partial charge in [0, 0.05) is 0 Å². The first kappa shape index (κ1) is 11.0. The van der Waals surface area contributed by atoms with E-state index in [9.17, 15) is 0 Å². The molecule has 0 saturated heterocycles. The molecule has 0 unspecified atom stereocenters. The third kappa shape index (κ3) is 4.44. The highest BCUT2D eigenvalue weighted by molar-refractivity contribution is 4.70. The Hall–Kier alpha value is 0. The average Bonchev–Trinajstić information content (AvgIpc) is 2.00. The first-order chi connectivity index (χ1) is 5.04. The van der Waals surface area contributed by atoms with E-state index < -0.39 is 0 Å². The molecule has 0 aromatic heterocycles. The molecule has 0 spiro atoms. The summed E-state index contributed by atoms with van der Waals surface area (Å²) < 4.78 is 0. The predicted octanol–water partition coefficient (Wildman–Crippen LogP) is 4.25. The first-order valence-electron chi connectivity index (χ1n) is 5.04. The van der Waals surface area contributed by atoms with Crippen molar-refractivity contribution < 1.29 is 0 Å². The van der Waals surface area contributed by atoms with Crippen LogP contribution < -0.4 is 0 Å². The molecule has 0 heteroatoms. The Morgan fingerprint density at radius 3 is 1.82 bits per heavy atom. The smallest absolute Gasteiger partial charge is 0.0331 e. The fourth-order valence-corrected chi connectivity index (χ4v) is 1.24. The van der Waals surface area contributed by atoms with E-state index in [1.54, 1.807) is 0 Å². The molecule has 68 valence electrons. The highest BCUT2D eigenvalue weighted by Crippen LogP contribution is 2.32. The second-order valence-corrected chi connectivity index (χ2v) is 4.45. The number of hydrogen-bond donors (Lipinski definition) is 0. The fraction of sp³-hybridized carbons (Fsp3) is 1.00. The van der Waals surface area contributed by atoms with Crippen LogP contribution in [-0.2, 0) is 0 Å². The Balaban J connectivity index is 3.69. The maximum atomic E-state index is 2.41. The number of rotatable bonds is 5. The largest absolute Gasteiger partial charge is 0.0649 e. The summed E-state index contributed by atoms with van der Waals surface area (Å²) >= 11 is 0. The van der Waals surface area contributed by atoms with Crippen molar-refractivity contribution in [3.8, 4) is 0 Å². The van der Waals surface area contributed by atoms with Crippen LogP contribution in [0.3, 0.4) is 0 Å². The quantitative estimate of drug-likeness (QED) is 0.558. The summed E-state index contributed by atoms with van der Waals surface area (Å²) in [5.74, 6) is 0.868. The summed E-state index contributed by atoms with van der Waals surface area (Å²) in [6.45, 7) is 11.7. The van der Waals surface area contributed by atoms with Crippen molar-refractivity contribution in [1.29, 1.82) is 0 Å². The maximum absolute atomic E-state index is 2.41. The normalized spacial score (nSPS) is 12.5. The van der Waals surface area contributed by atoms with Crippen LogP contribution in [0.5, 0.6) is 0 Å². The van der Waals surface area contributed by atoms with Crippen LogP contribution in [0, 0.1) is 11.3 Å². The van der Waals surface area contributed by atoms with Crippen molar-refractivity contribution in [2.45, 2.75) is 60.3 Å². The van der Waals surface area contributed by atoms with E-state index in [1.165, 1.54) is 25.7 Å². The number of hydrogen-bond acceptors (Lipinski definition) is 0. The predicted molar refractivity (Wildman–Crippen MR) is 52.8 cm³/mol. The Morgan fingerprint density at radius 2 is 1.55 bits per heavy atom. The van der Waals surface area contributed by atoms with Crippen molar-refractivity contribution in [2.24, 2.45) is 11.3 Å². The third-order valence-electron chi connectivity index (χ3n) is 3.03. The minimum Gasteiger partial charge on any atom is -0.0649 e. The van der Waals surface area contributed by atoms with E-state index in [2.05, 4.69) is 34.6 Å². The lowest BCUT2D eigenvalue weighted by Gasteiger charge is -2.27. The molecule has 0 aliphatic rings. The molecule has 0 bridgehead atoms. The zero-order valence-electron chi connectivity index (χ0n) is 8.91. The van der Waals surface area contributed by atoms with Gasteiger partial charge in [0.2, 0.25) is 0 Å². The molecule has 0 aliphatic heterocycles. The topological polar surface area (TPSA) is 0 Å². The molecule has 0 saturated carbocycles. The first-order valence-corrected chi connectivity index (χ1v) is 5.04. The van der Waals surface area contributed by atoms with Crippen LogP contribution >= 0.6 is 0 Å². The van der Waals surface area contributed by atoms with Gasteiger partial charge in [-0.1, -0.05) is 53.9 Å². The molecule has 0 aromatic carbocycles. The van der Waals surface area contributed by atoms with Crippen molar-refractivity contribution in [2.75, 3.05) is 0 Å². The molecule has 0 fully saturated rings. The van der Waals surface area contributed by atoms with Gasteiger partial charge >= 0.3 is 0 Å². The molecule has 11 heavy (non-hydrogen) atoms. The van der Waals surface area contributed by atoms with E-state index >= 15 is 0 Å². The molecule has 0 aliphatic carbocycles. The minimum atomic E-state index is 0.615. The second-order valence-electron chi connectivity index (χ2n) is 4.45. The van der Waals surface area contributed by atoms with Crippen molar-refractivity contribution >= 4 is 0 Å². The molecular formula is C11H24. The van der Waals surface area contributed by atoms with Crippen LogP contribution in [0.1, 0.15) is 60.3 Å². The molecule has 0 nitrogen and oxygen atoms in total. The van der Waals surface area contributed by atoms with Gasteiger partial charge in [-0.25, -0.2) is 0 Å². The summed E-state index contributed by atoms with van der Waals surface area (Å²) in [6.07, 6.45) is 5.45. The molecular weight excluding hydrogens is 132 g/mol. The summed E-state index contributed by atoms with van der Waals surface area (Å²) in [5.41, 5.74) is 0.615. The van der Waals surface area contributed by atoms with E-state index in [0.29, 0.717) is 5.41 Å². The molecule has 0 atom stereocenters. The minimum absolute atomic E-state index is 0.615. The van der Waals surface area contributed by atoms with Gasteiger partial charge in [-0.05, 0) is 17.8 Å². The zero-order valence-corrected chi connectivity index (χ0v) is 8.91. The van der Waals surface area contributed by atoms with Gasteiger partial charge in [-0.3, -0.25) is 0 Å². The lowest BCUT2D eigenvalue weighted by molar-refractivity contribution is 0.251. The van der Waals surface area contributed by atoms with Gasteiger partial charge in [-0.2, -0.15) is 0 Å². The van der Waals surface area contributed by atoms with Gasteiger partial charge in [0.25, 0.3) is 0 Å². The molecule has 0 heterocycles. The SMILES string of the molecule is CCC(C)(CC)CCC(C)C. The van der Waals surface area contributed by atoms with Crippen molar-refractivity contribution in [1.82, 2.24) is 0 Å². The van der Waals surface area contributed by atoms with E-state index in [4.69, 9.17) is 0 Å². The molecule has 0 N–H and O–H groups in total. The van der Waals surface area contributed by atoms with Gasteiger partial charge in [-0.15, -0.1) is 0 Å². The van der Waals surface area contributed by atoms with Crippen molar-refractivity contribution in [3.63, 3.8) is 0 Å². The third-order valence-corrected chi connectivity index (χ3v) is 3.03. The average molecular weight is 156 g/mol. The van der Waals surface area contributed by atoms with Crippen molar-refractivity contribution in [3.05, 3.63) is 0 Å². The van der Waals surface area contributed by atoms with Gasteiger partial charge in [0.15, 0.2) is 0 Å². The Morgan fingerprint density at radius 1 is 1.09 bits per heavy atom. The highest BCUT2D eigenvalue weighted by Gasteiger charge is 2.18. The Bertz CT molecular complexity index is 88.2. The van der Waals surface area contributed by atoms with Crippen LogP contribution in [-0.4, -0.2) is 0 Å². The monoisotopic (exact) mass is 156 g/mol. The Kier molecular flexibility index (Phi) is 4.79. The van der Waals surface area contributed by atoms with Crippen LogP contribution in [0.2, 0.25) is 0 Å². The van der Waals surface area contributed by atoms with E-state index in [1.807, 2.05) is 0 Å². The molecule has 0 aromatic rings. The van der Waals surface area contributed by atoms with Gasteiger partial charge in [0.05, 0.1) is 0 Å². The summed E-state index contributed by atoms with van der Waals surface area (Å²) in [6, 6.07) is 0. The van der Waals surface area contributed by atoms with E-state index in [-0.39, 0.29) is 0 Å². The maximum Gasteiger partial charge on any atom is -0.0331 e. The standard InChI is InChI=1S/C11H24/c1-6-11(5,7-2)9-8-10(3)4/h10H,6-9H2,1-5H3. The summed E-state index contributed by atoms with van der Waals surface area (Å²) in [4.78, 5) is 0. The summed E-state index contributed by atoms with van der Waals surface area (Å²) in [5, 5.41) is 0. The fourth-order valence-electron chi connectivity index (χ4n) is 1.24. The van der Waals surface area contributed by atoms with Gasteiger partial charge in [0.1, 0.15) is 0 Å². The lowest BCUT2D eigenvalue weighted by Crippen LogP contribution is -2.14. The molecule has 0 amide bonds. The molecule has 0 radical (unpaired) electrons. The Labute approximate surface area is 72.4 Å². The van der Waals surface area contributed by atoms with Crippen LogP contribution in [0.15, 0.2) is 0 Å².